The van der Waals surface area contributed by atoms with Gasteiger partial charge in [0.1, 0.15) is 55.1 Å². The standard InChI is InChI=1S/C53H90N6O17/c1-13-30(6)43(38(73-11)23-40(65)59-21-17-20-36(59)48(74-12)31(7)50(70)55-34(25-60)22-33-18-15-14-16-19-33)58(10)52(72)41(28(2)3)56-51(71)42(29(4)5)57(9)24-35(54-32(8)63)44(66)49(37(64)26-61)76-53-47(69)46(68)45(67)39(27-62)75-53/h14-16,18-19,25,28-31,34-39,41-49,53,61-62,64,66-69H,13,17,20-24,26-27H2,1-12H3,(H,54,63)(H,55,70)(H,56,71). The van der Waals surface area contributed by atoms with Gasteiger partial charge in [-0.3, -0.25) is 28.9 Å². The normalized spacial score (nSPS) is 24.8. The summed E-state index contributed by atoms with van der Waals surface area (Å²) in [5, 5.41) is 81.9. The first-order chi connectivity index (χ1) is 35.8. The number of aliphatic hydroxyl groups excluding tert-OH is 7. The van der Waals surface area contributed by atoms with Crippen LogP contribution in [0, 0.1) is 23.7 Å². The van der Waals surface area contributed by atoms with Crippen LogP contribution in [0.1, 0.15) is 86.6 Å². The molecule has 10 N–H and O–H groups in total. The molecule has 2 fully saturated rings. The van der Waals surface area contributed by atoms with Crippen LogP contribution in [0.25, 0.3) is 0 Å². The first-order valence-electron chi connectivity index (χ1n) is 26.5. The molecular formula is C53H90N6O17. The van der Waals surface area contributed by atoms with Crippen molar-refractivity contribution in [3.05, 3.63) is 35.9 Å². The number of nitrogens with zero attached hydrogens (tertiary/aromatic N) is 3. The van der Waals surface area contributed by atoms with Crippen molar-refractivity contribution < 1.29 is 83.5 Å². The fourth-order valence-corrected chi connectivity index (χ4v) is 10.6. The highest BCUT2D eigenvalue weighted by Gasteiger charge is 2.48. The van der Waals surface area contributed by atoms with Crippen molar-refractivity contribution >= 4 is 35.8 Å². The number of benzene rings is 1. The third kappa shape index (κ3) is 17.4. The zero-order chi connectivity index (χ0) is 57.3. The molecule has 2 aliphatic heterocycles. The lowest BCUT2D eigenvalue weighted by Crippen LogP contribution is -2.64. The van der Waals surface area contributed by atoms with E-state index in [1.54, 1.807) is 53.6 Å². The average molecular weight is 1080 g/mol. The van der Waals surface area contributed by atoms with E-state index in [1.165, 1.54) is 30.9 Å². The molecular weight excluding hydrogens is 993 g/mol. The molecule has 2 heterocycles. The molecule has 0 radical (unpaired) electrons. The van der Waals surface area contributed by atoms with Crippen molar-refractivity contribution in [2.24, 2.45) is 23.7 Å². The van der Waals surface area contributed by atoms with Gasteiger partial charge in [-0.2, -0.15) is 0 Å². The SMILES string of the molecule is CCC(C)C(C(CC(=O)N1CCCC1C(OC)C(C)C(=O)NC(C=O)Cc1ccccc1)OC)N(C)C(=O)C(NC(=O)C(C(C)C)N(C)CC(NC(C)=O)C(O)C(OC1OC(CO)C(O)C(O)C1O)C(O)CO)C(C)C. The molecule has 2 saturated heterocycles. The van der Waals surface area contributed by atoms with Crippen molar-refractivity contribution in [3.63, 3.8) is 0 Å². The summed E-state index contributed by atoms with van der Waals surface area (Å²) in [6, 6.07) is 4.00. The molecule has 434 valence electrons. The van der Waals surface area contributed by atoms with Crippen molar-refractivity contribution in [1.82, 2.24) is 30.7 Å². The number of aliphatic hydroxyl groups is 7. The van der Waals surface area contributed by atoms with E-state index in [9.17, 15) is 64.5 Å². The van der Waals surface area contributed by atoms with Gasteiger partial charge in [0.25, 0.3) is 0 Å². The van der Waals surface area contributed by atoms with E-state index < -0.39 is 146 Å². The minimum atomic E-state index is -1.93. The summed E-state index contributed by atoms with van der Waals surface area (Å²) in [6.45, 7) is 12.2. The van der Waals surface area contributed by atoms with Gasteiger partial charge in [-0.1, -0.05) is 85.2 Å². The van der Waals surface area contributed by atoms with Crippen molar-refractivity contribution in [2.45, 2.75) is 185 Å². The van der Waals surface area contributed by atoms with Gasteiger partial charge < -0.3 is 85.2 Å². The number of hydrogen-bond donors (Lipinski definition) is 10. The van der Waals surface area contributed by atoms with Crippen molar-refractivity contribution in [3.8, 4) is 0 Å². The molecule has 0 aliphatic carbocycles. The predicted molar refractivity (Wildman–Crippen MR) is 278 cm³/mol. The second-order valence-electron chi connectivity index (χ2n) is 21.2. The maximum Gasteiger partial charge on any atom is 0.245 e. The third-order valence-corrected chi connectivity index (χ3v) is 15.0. The summed E-state index contributed by atoms with van der Waals surface area (Å²) in [4.78, 5) is 86.7. The second kappa shape index (κ2) is 31.4. The summed E-state index contributed by atoms with van der Waals surface area (Å²) in [5.41, 5.74) is 0.888. The van der Waals surface area contributed by atoms with Gasteiger partial charge in [0.15, 0.2) is 6.29 Å². The number of ether oxygens (including phenoxy) is 4. The van der Waals surface area contributed by atoms with E-state index in [2.05, 4.69) is 16.0 Å². The van der Waals surface area contributed by atoms with Gasteiger partial charge in [-0.15, -0.1) is 0 Å². The molecule has 0 saturated carbocycles. The zero-order valence-corrected chi connectivity index (χ0v) is 46.4. The number of nitrogens with one attached hydrogen (secondary N) is 3. The molecule has 3 rings (SSSR count). The number of hydrogen-bond acceptors (Lipinski definition) is 18. The summed E-state index contributed by atoms with van der Waals surface area (Å²) in [6.07, 6.45) is -13.1. The average Bonchev–Trinajstić information content (AvgIpc) is 3.87. The van der Waals surface area contributed by atoms with Crippen LogP contribution >= 0.6 is 0 Å². The van der Waals surface area contributed by atoms with E-state index >= 15 is 0 Å². The first kappa shape index (κ1) is 66.0. The van der Waals surface area contributed by atoms with Gasteiger partial charge in [0.2, 0.25) is 29.5 Å². The minimum absolute atomic E-state index is 0.120. The maximum atomic E-state index is 14.8. The number of carbonyl (C=O) groups excluding carboxylic acids is 6. The molecule has 2 aliphatic rings. The van der Waals surface area contributed by atoms with Gasteiger partial charge in [0.05, 0.1) is 68.0 Å². The number of rotatable bonds is 31. The van der Waals surface area contributed by atoms with Crippen molar-refractivity contribution in [1.29, 1.82) is 0 Å². The Bertz CT molecular complexity index is 1970. The Morgan fingerprint density at radius 2 is 1.53 bits per heavy atom. The molecule has 18 atom stereocenters. The lowest BCUT2D eigenvalue weighted by atomic mass is 9.89. The molecule has 23 nitrogen and oxygen atoms in total. The summed E-state index contributed by atoms with van der Waals surface area (Å²) < 4.78 is 23.1. The Kier molecular flexibility index (Phi) is 27.3. The van der Waals surface area contributed by atoms with E-state index in [0.29, 0.717) is 38.5 Å². The Morgan fingerprint density at radius 1 is 0.882 bits per heavy atom. The number of aldehydes is 1. The van der Waals surface area contributed by atoms with Crippen LogP contribution in [0.15, 0.2) is 30.3 Å². The lowest BCUT2D eigenvalue weighted by Gasteiger charge is -2.43. The number of amides is 5. The van der Waals surface area contributed by atoms with Gasteiger partial charge in [-0.05, 0) is 49.6 Å². The summed E-state index contributed by atoms with van der Waals surface area (Å²) in [7, 11) is 6.12. The van der Waals surface area contributed by atoms with Crippen molar-refractivity contribution in [2.75, 3.05) is 54.6 Å². The van der Waals surface area contributed by atoms with Crippen LogP contribution in [0.3, 0.4) is 0 Å². The molecule has 1 aromatic carbocycles. The summed E-state index contributed by atoms with van der Waals surface area (Å²) >= 11 is 0. The third-order valence-electron chi connectivity index (χ3n) is 15.0. The van der Waals surface area contributed by atoms with Gasteiger partial charge in [-0.25, -0.2) is 0 Å². The number of carbonyl (C=O) groups is 6. The van der Waals surface area contributed by atoms with Crippen LogP contribution < -0.4 is 16.0 Å². The van der Waals surface area contributed by atoms with Gasteiger partial charge >= 0.3 is 0 Å². The molecule has 1 aromatic rings. The Hall–Kier alpha value is -4.24. The first-order valence-corrected chi connectivity index (χ1v) is 26.5. The van der Waals surface area contributed by atoms with Crippen LogP contribution in [0.4, 0.5) is 0 Å². The van der Waals surface area contributed by atoms with Gasteiger partial charge in [0, 0.05) is 41.3 Å². The molecule has 0 spiro atoms. The Labute approximate surface area is 447 Å². The summed E-state index contributed by atoms with van der Waals surface area (Å²) in [5.74, 6) is -4.14. The Morgan fingerprint density at radius 3 is 2.05 bits per heavy atom. The lowest BCUT2D eigenvalue weighted by molar-refractivity contribution is -0.325. The topological polar surface area (TPSA) is 327 Å². The highest BCUT2D eigenvalue weighted by molar-refractivity contribution is 5.90. The predicted octanol–water partition coefficient (Wildman–Crippen LogP) is -1.67. The van der Waals surface area contributed by atoms with Crippen LogP contribution in [-0.4, -0.2) is 238 Å². The molecule has 23 heteroatoms. The highest BCUT2D eigenvalue weighted by Crippen LogP contribution is 2.31. The largest absolute Gasteiger partial charge is 0.394 e. The van der Waals surface area contributed by atoms with E-state index in [4.69, 9.17) is 18.9 Å². The molecule has 0 bridgehead atoms. The molecule has 18 unspecified atom stereocenters. The fourth-order valence-electron chi connectivity index (χ4n) is 10.6. The molecule has 76 heavy (non-hydrogen) atoms. The minimum Gasteiger partial charge on any atom is -0.394 e. The zero-order valence-electron chi connectivity index (χ0n) is 46.4. The van der Waals surface area contributed by atoms with Crippen LogP contribution in [0.2, 0.25) is 0 Å². The second-order valence-corrected chi connectivity index (χ2v) is 21.2. The van der Waals surface area contributed by atoms with Crippen LogP contribution in [0.5, 0.6) is 0 Å². The molecule has 0 aromatic heterocycles. The maximum absolute atomic E-state index is 14.8. The smallest absolute Gasteiger partial charge is 0.245 e. The van der Waals surface area contributed by atoms with Crippen LogP contribution in [-0.2, 0) is 54.1 Å². The number of methoxy groups -OCH3 is 2. The van der Waals surface area contributed by atoms with E-state index in [1.807, 2.05) is 44.2 Å². The molecule has 5 amide bonds. The fraction of sp³-hybridized carbons (Fsp3) is 0.774. The Balaban J connectivity index is 1.83. The van der Waals surface area contributed by atoms with E-state index in [0.717, 1.165) is 5.56 Å². The monoisotopic (exact) mass is 1080 g/mol. The number of likely N-dealkylation sites (tertiary alicyclic amines) is 1. The highest BCUT2D eigenvalue weighted by atomic mass is 16.7. The van der Waals surface area contributed by atoms with E-state index in [-0.39, 0.29) is 30.7 Å². The number of likely N-dealkylation sites (N-methyl/N-ethyl adjacent to an activating group) is 2. The quantitative estimate of drug-likeness (QED) is 0.0372.